The van der Waals surface area contributed by atoms with Crippen LogP contribution in [0.25, 0.3) is 0 Å². The Morgan fingerprint density at radius 1 is 1.33 bits per heavy atom. The van der Waals surface area contributed by atoms with Gasteiger partial charge in [0.2, 0.25) is 0 Å². The van der Waals surface area contributed by atoms with Crippen LogP contribution in [0.15, 0.2) is 11.8 Å². The van der Waals surface area contributed by atoms with E-state index in [9.17, 15) is 9.59 Å². The molecule has 0 saturated carbocycles. The van der Waals surface area contributed by atoms with Crippen LogP contribution >= 0.6 is 11.6 Å². The Hall–Kier alpha value is -1.03. The van der Waals surface area contributed by atoms with Crippen molar-refractivity contribution in [1.29, 1.82) is 0 Å². The smallest absolute Gasteiger partial charge is 0.337 e. The van der Waals surface area contributed by atoms with Gasteiger partial charge < -0.3 is 9.47 Å². The highest BCUT2D eigenvalue weighted by Gasteiger charge is 2.17. The summed E-state index contributed by atoms with van der Waals surface area (Å²) in [6.45, 7) is 6.75. The van der Waals surface area contributed by atoms with Gasteiger partial charge in [-0.1, -0.05) is 0 Å². The zero-order valence-corrected chi connectivity index (χ0v) is 10.1. The zero-order chi connectivity index (χ0) is 12.1. The van der Waals surface area contributed by atoms with Gasteiger partial charge in [-0.2, -0.15) is 0 Å². The molecule has 0 saturated heterocycles. The topological polar surface area (TPSA) is 52.6 Å². The van der Waals surface area contributed by atoms with E-state index in [4.69, 9.17) is 16.3 Å². The molecule has 0 N–H and O–H groups in total. The van der Waals surface area contributed by atoms with E-state index in [-0.39, 0.29) is 11.5 Å². The second-order valence-corrected chi connectivity index (χ2v) is 4.19. The summed E-state index contributed by atoms with van der Waals surface area (Å²) in [7, 11) is 0. The molecule has 0 aliphatic carbocycles. The summed E-state index contributed by atoms with van der Waals surface area (Å²) in [4.78, 5) is 22.0. The number of halogens is 1. The number of carbonyl (C=O) groups excluding carboxylic acids is 2. The van der Waals surface area contributed by atoms with Crippen molar-refractivity contribution >= 4 is 23.5 Å². The highest BCUT2D eigenvalue weighted by atomic mass is 35.5. The minimum absolute atomic E-state index is 0.211. The molecule has 0 unspecified atom stereocenters. The van der Waals surface area contributed by atoms with E-state index in [0.717, 1.165) is 6.26 Å². The quantitative estimate of drug-likeness (QED) is 0.324. The Kier molecular flexibility index (Phi) is 5.36. The summed E-state index contributed by atoms with van der Waals surface area (Å²) >= 11 is 5.20. The van der Waals surface area contributed by atoms with Gasteiger partial charge in [-0.15, -0.1) is 11.6 Å². The molecule has 0 aliphatic heterocycles. The number of ether oxygens (including phenoxy) is 2. The molecule has 0 heterocycles. The third-order valence-electron chi connectivity index (χ3n) is 1.20. The minimum atomic E-state index is -0.612. The van der Waals surface area contributed by atoms with Crippen LogP contribution in [0.4, 0.5) is 0 Å². The summed E-state index contributed by atoms with van der Waals surface area (Å²) in [5, 5.41) is 0. The van der Waals surface area contributed by atoms with Crippen molar-refractivity contribution in [2.24, 2.45) is 0 Å². The van der Waals surface area contributed by atoms with Crippen LogP contribution in [0.2, 0.25) is 0 Å². The first-order chi connectivity index (χ1) is 6.76. The molecule has 0 spiro atoms. The molecule has 0 radical (unpaired) electrons. The lowest BCUT2D eigenvalue weighted by atomic mass is 10.2. The maximum atomic E-state index is 11.3. The Labute approximate surface area is 94.2 Å². The van der Waals surface area contributed by atoms with Crippen molar-refractivity contribution in [3.8, 4) is 0 Å². The maximum Gasteiger partial charge on any atom is 0.337 e. The number of esters is 2. The normalized spacial score (nSPS) is 12.2. The van der Waals surface area contributed by atoms with Crippen molar-refractivity contribution in [2.75, 3.05) is 5.88 Å². The number of hydrogen-bond donors (Lipinski definition) is 0. The standard InChI is InChI=1S/C10H15ClO4/c1-7(6-14-8(12)5-11)9(13)15-10(2,3)4/h6H,5H2,1-4H3. The van der Waals surface area contributed by atoms with Crippen LogP contribution in [0.3, 0.4) is 0 Å². The van der Waals surface area contributed by atoms with E-state index in [1.165, 1.54) is 6.92 Å². The molecule has 5 heteroatoms. The van der Waals surface area contributed by atoms with Crippen molar-refractivity contribution in [3.63, 3.8) is 0 Å². The van der Waals surface area contributed by atoms with Gasteiger partial charge in [-0.25, -0.2) is 4.79 Å². The summed E-state index contributed by atoms with van der Waals surface area (Å²) in [6, 6.07) is 0. The molecule has 0 aromatic rings. The molecule has 15 heavy (non-hydrogen) atoms. The first-order valence-corrected chi connectivity index (χ1v) is 4.95. The van der Waals surface area contributed by atoms with Gasteiger partial charge in [-0.05, 0) is 27.7 Å². The van der Waals surface area contributed by atoms with Crippen LogP contribution in [0, 0.1) is 0 Å². The fourth-order valence-electron chi connectivity index (χ4n) is 0.592. The average Bonchev–Trinajstić information content (AvgIpc) is 2.10. The predicted octanol–water partition coefficient (Wildman–Crippen LogP) is 2.01. The van der Waals surface area contributed by atoms with Gasteiger partial charge in [0.25, 0.3) is 0 Å². The van der Waals surface area contributed by atoms with E-state index in [1.54, 1.807) is 20.8 Å². The van der Waals surface area contributed by atoms with Crippen LogP contribution in [0.5, 0.6) is 0 Å². The van der Waals surface area contributed by atoms with Crippen molar-refractivity contribution in [1.82, 2.24) is 0 Å². The molecule has 0 aromatic heterocycles. The van der Waals surface area contributed by atoms with Crippen LogP contribution in [-0.2, 0) is 19.1 Å². The lowest BCUT2D eigenvalue weighted by Crippen LogP contribution is -2.24. The summed E-state index contributed by atoms with van der Waals surface area (Å²) in [6.07, 6.45) is 1.04. The van der Waals surface area contributed by atoms with Gasteiger partial charge in [0.15, 0.2) is 0 Å². The van der Waals surface area contributed by atoms with E-state index >= 15 is 0 Å². The first kappa shape index (κ1) is 14.0. The molecule has 0 amide bonds. The maximum absolute atomic E-state index is 11.3. The van der Waals surface area contributed by atoms with E-state index < -0.39 is 17.5 Å². The third-order valence-corrected chi connectivity index (χ3v) is 1.42. The van der Waals surface area contributed by atoms with Crippen molar-refractivity contribution in [2.45, 2.75) is 33.3 Å². The van der Waals surface area contributed by atoms with Gasteiger partial charge in [-0.3, -0.25) is 4.79 Å². The highest BCUT2D eigenvalue weighted by molar-refractivity contribution is 6.26. The van der Waals surface area contributed by atoms with Crippen molar-refractivity contribution < 1.29 is 19.1 Å². The summed E-state index contributed by atoms with van der Waals surface area (Å²) in [5.41, 5.74) is -0.355. The Morgan fingerprint density at radius 2 is 1.87 bits per heavy atom. The van der Waals surface area contributed by atoms with E-state index in [0.29, 0.717) is 0 Å². The Bertz CT molecular complexity index is 276. The SMILES string of the molecule is CC(=COC(=O)CCl)C(=O)OC(C)(C)C. The number of alkyl halides is 1. The molecule has 0 bridgehead atoms. The van der Waals surface area contributed by atoms with Crippen LogP contribution in [-0.4, -0.2) is 23.4 Å². The molecule has 86 valence electrons. The number of carbonyl (C=O) groups is 2. The Morgan fingerprint density at radius 3 is 2.27 bits per heavy atom. The Balaban J connectivity index is 4.26. The van der Waals surface area contributed by atoms with Crippen LogP contribution < -0.4 is 0 Å². The summed E-state index contributed by atoms with van der Waals surface area (Å²) in [5.74, 6) is -1.39. The molecule has 0 atom stereocenters. The van der Waals surface area contributed by atoms with Gasteiger partial charge in [0.1, 0.15) is 17.7 Å². The first-order valence-electron chi connectivity index (χ1n) is 4.42. The lowest BCUT2D eigenvalue weighted by Gasteiger charge is -2.19. The highest BCUT2D eigenvalue weighted by Crippen LogP contribution is 2.10. The molecule has 0 aromatic carbocycles. The zero-order valence-electron chi connectivity index (χ0n) is 9.30. The van der Waals surface area contributed by atoms with E-state index in [2.05, 4.69) is 4.74 Å². The molecular weight excluding hydrogens is 220 g/mol. The minimum Gasteiger partial charge on any atom is -0.457 e. The molecule has 4 nitrogen and oxygen atoms in total. The third kappa shape index (κ3) is 6.96. The van der Waals surface area contributed by atoms with Gasteiger partial charge >= 0.3 is 11.9 Å². The predicted molar refractivity (Wildman–Crippen MR) is 56.4 cm³/mol. The molecule has 0 rings (SSSR count). The van der Waals surface area contributed by atoms with Gasteiger partial charge in [0, 0.05) is 0 Å². The second kappa shape index (κ2) is 5.75. The fraction of sp³-hybridized carbons (Fsp3) is 0.600. The monoisotopic (exact) mass is 234 g/mol. The number of hydrogen-bond acceptors (Lipinski definition) is 4. The molecule has 0 fully saturated rings. The van der Waals surface area contributed by atoms with E-state index in [1.807, 2.05) is 0 Å². The van der Waals surface area contributed by atoms with Crippen LogP contribution in [0.1, 0.15) is 27.7 Å². The largest absolute Gasteiger partial charge is 0.457 e. The molecule has 0 aliphatic rings. The second-order valence-electron chi connectivity index (χ2n) is 3.93. The lowest BCUT2D eigenvalue weighted by molar-refractivity contribution is -0.150. The summed E-state index contributed by atoms with van der Waals surface area (Å²) < 4.78 is 9.59. The number of rotatable bonds is 3. The molecular formula is C10H15ClO4. The fourth-order valence-corrected chi connectivity index (χ4v) is 0.655. The average molecular weight is 235 g/mol. The van der Waals surface area contributed by atoms with Gasteiger partial charge in [0.05, 0.1) is 5.57 Å². The van der Waals surface area contributed by atoms with Crippen molar-refractivity contribution in [3.05, 3.63) is 11.8 Å².